The fourth-order valence-corrected chi connectivity index (χ4v) is 2.64. The average Bonchev–Trinajstić information content (AvgIpc) is 3.11. The Hall–Kier alpha value is -2.86. The van der Waals surface area contributed by atoms with Crippen molar-refractivity contribution in [2.75, 3.05) is 0 Å². The zero-order chi connectivity index (χ0) is 19.4. The molecule has 0 aliphatic rings. The SMILES string of the molecule is CC(C)NC(=O)c1cccc(-c2noc([C@H](C)Oc3cccc(Cl)c3)n2)c1. The summed E-state index contributed by atoms with van der Waals surface area (Å²) in [7, 11) is 0. The minimum absolute atomic E-state index is 0.0578. The first-order chi connectivity index (χ1) is 12.9. The number of carbonyl (C=O) groups excluding carboxylic acids is 1. The van der Waals surface area contributed by atoms with Gasteiger partial charge in [-0.15, -0.1) is 0 Å². The van der Waals surface area contributed by atoms with E-state index in [1.807, 2.05) is 26.8 Å². The molecule has 1 N–H and O–H groups in total. The normalized spacial score (nSPS) is 12.0. The number of carbonyl (C=O) groups is 1. The van der Waals surface area contributed by atoms with Gasteiger partial charge in [0.1, 0.15) is 5.75 Å². The van der Waals surface area contributed by atoms with E-state index in [2.05, 4.69) is 15.5 Å². The maximum atomic E-state index is 12.2. The van der Waals surface area contributed by atoms with Gasteiger partial charge in [-0.3, -0.25) is 4.79 Å². The number of nitrogens with zero attached hydrogens (tertiary/aromatic N) is 2. The maximum Gasteiger partial charge on any atom is 0.267 e. The Labute approximate surface area is 162 Å². The topological polar surface area (TPSA) is 77.2 Å². The van der Waals surface area contributed by atoms with Crippen molar-refractivity contribution in [2.45, 2.75) is 32.9 Å². The van der Waals surface area contributed by atoms with Gasteiger partial charge in [-0.05, 0) is 51.1 Å². The van der Waals surface area contributed by atoms with Gasteiger partial charge in [-0.2, -0.15) is 4.98 Å². The summed E-state index contributed by atoms with van der Waals surface area (Å²) in [6.07, 6.45) is -0.447. The van der Waals surface area contributed by atoms with Gasteiger partial charge in [0.2, 0.25) is 5.82 Å². The van der Waals surface area contributed by atoms with E-state index in [-0.39, 0.29) is 11.9 Å². The van der Waals surface area contributed by atoms with Crippen LogP contribution in [-0.2, 0) is 0 Å². The van der Waals surface area contributed by atoms with E-state index in [1.165, 1.54) is 0 Å². The van der Waals surface area contributed by atoms with Crippen LogP contribution in [0.15, 0.2) is 53.1 Å². The van der Waals surface area contributed by atoms with Crippen LogP contribution in [0.3, 0.4) is 0 Å². The molecule has 0 aliphatic heterocycles. The van der Waals surface area contributed by atoms with E-state index in [1.54, 1.807) is 42.5 Å². The highest BCUT2D eigenvalue weighted by Crippen LogP contribution is 2.25. The molecule has 27 heavy (non-hydrogen) atoms. The number of ether oxygens (including phenoxy) is 1. The van der Waals surface area contributed by atoms with Crippen molar-refractivity contribution in [1.29, 1.82) is 0 Å². The first kappa shape index (κ1) is 18.9. The number of nitrogens with one attached hydrogen (secondary N) is 1. The van der Waals surface area contributed by atoms with Crippen LogP contribution in [0.4, 0.5) is 0 Å². The molecule has 7 heteroatoms. The van der Waals surface area contributed by atoms with Gasteiger partial charge in [0.15, 0.2) is 6.10 Å². The van der Waals surface area contributed by atoms with Crippen molar-refractivity contribution >= 4 is 17.5 Å². The van der Waals surface area contributed by atoms with Crippen molar-refractivity contribution in [3.8, 4) is 17.1 Å². The number of benzene rings is 2. The second-order valence-corrected chi connectivity index (χ2v) is 6.82. The third kappa shape index (κ3) is 4.86. The molecule has 1 amide bonds. The highest BCUT2D eigenvalue weighted by atomic mass is 35.5. The van der Waals surface area contributed by atoms with Crippen LogP contribution in [0.5, 0.6) is 5.75 Å². The van der Waals surface area contributed by atoms with Gasteiger partial charge in [-0.25, -0.2) is 0 Å². The lowest BCUT2D eigenvalue weighted by atomic mass is 10.1. The molecule has 1 atom stereocenters. The summed E-state index contributed by atoms with van der Waals surface area (Å²) in [5, 5.41) is 7.45. The van der Waals surface area contributed by atoms with Crippen molar-refractivity contribution in [2.24, 2.45) is 0 Å². The number of hydrogen-bond acceptors (Lipinski definition) is 5. The zero-order valence-corrected chi connectivity index (χ0v) is 16.0. The van der Waals surface area contributed by atoms with Crippen LogP contribution in [0.1, 0.15) is 43.1 Å². The van der Waals surface area contributed by atoms with Crippen LogP contribution in [0.2, 0.25) is 5.02 Å². The van der Waals surface area contributed by atoms with Crippen LogP contribution in [0.25, 0.3) is 11.4 Å². The van der Waals surface area contributed by atoms with E-state index in [0.29, 0.717) is 33.6 Å². The van der Waals surface area contributed by atoms with Crippen molar-refractivity contribution in [3.05, 3.63) is 65.0 Å². The monoisotopic (exact) mass is 385 g/mol. The Kier molecular flexibility index (Phi) is 5.76. The van der Waals surface area contributed by atoms with Gasteiger partial charge in [0.25, 0.3) is 11.8 Å². The molecule has 3 aromatic rings. The fourth-order valence-electron chi connectivity index (χ4n) is 2.46. The summed E-state index contributed by atoms with van der Waals surface area (Å²) in [6, 6.07) is 14.2. The molecular formula is C20H20ClN3O3. The molecule has 140 valence electrons. The molecule has 0 unspecified atom stereocenters. The van der Waals surface area contributed by atoms with Crippen molar-refractivity contribution < 1.29 is 14.1 Å². The van der Waals surface area contributed by atoms with Crippen LogP contribution in [-0.4, -0.2) is 22.1 Å². The Morgan fingerprint density at radius 3 is 2.67 bits per heavy atom. The largest absolute Gasteiger partial charge is 0.481 e. The second kappa shape index (κ2) is 8.22. The van der Waals surface area contributed by atoms with Gasteiger partial charge in [-0.1, -0.05) is 35.0 Å². The Morgan fingerprint density at radius 2 is 1.93 bits per heavy atom. The first-order valence-electron chi connectivity index (χ1n) is 8.59. The van der Waals surface area contributed by atoms with Gasteiger partial charge >= 0.3 is 0 Å². The Balaban J connectivity index is 1.76. The molecule has 6 nitrogen and oxygen atoms in total. The molecule has 0 radical (unpaired) electrons. The van der Waals surface area contributed by atoms with Crippen LogP contribution in [0, 0.1) is 0 Å². The number of hydrogen-bond donors (Lipinski definition) is 1. The molecular weight excluding hydrogens is 366 g/mol. The van der Waals surface area contributed by atoms with E-state index in [9.17, 15) is 4.79 Å². The molecule has 0 fully saturated rings. The lowest BCUT2D eigenvalue weighted by Gasteiger charge is -2.10. The molecule has 0 bridgehead atoms. The Bertz CT molecular complexity index is 939. The Morgan fingerprint density at radius 1 is 1.15 bits per heavy atom. The summed E-state index contributed by atoms with van der Waals surface area (Å²) >= 11 is 5.97. The predicted octanol–water partition coefficient (Wildman–Crippen LogP) is 4.67. The number of halogens is 1. The standard InChI is InChI=1S/C20H20ClN3O3/c1-12(2)22-19(25)15-7-4-6-14(10-15)18-23-20(27-24-18)13(3)26-17-9-5-8-16(21)11-17/h4-13H,1-3H3,(H,22,25)/t13-/m0/s1. The fraction of sp³-hybridized carbons (Fsp3) is 0.250. The van der Waals surface area contributed by atoms with Gasteiger partial charge in [0.05, 0.1) is 0 Å². The summed E-state index contributed by atoms with van der Waals surface area (Å²) in [5.41, 5.74) is 1.23. The van der Waals surface area contributed by atoms with Gasteiger partial charge in [0, 0.05) is 22.2 Å². The molecule has 1 aromatic heterocycles. The van der Waals surface area contributed by atoms with E-state index >= 15 is 0 Å². The maximum absolute atomic E-state index is 12.2. The summed E-state index contributed by atoms with van der Waals surface area (Å²) < 4.78 is 11.1. The lowest BCUT2D eigenvalue weighted by molar-refractivity contribution is 0.0943. The lowest BCUT2D eigenvalue weighted by Crippen LogP contribution is -2.30. The summed E-state index contributed by atoms with van der Waals surface area (Å²) in [6.45, 7) is 5.63. The van der Waals surface area contributed by atoms with Crippen LogP contribution >= 0.6 is 11.6 Å². The molecule has 0 saturated carbocycles. The number of rotatable bonds is 6. The second-order valence-electron chi connectivity index (χ2n) is 6.38. The third-order valence-electron chi connectivity index (χ3n) is 3.70. The molecule has 3 rings (SSSR count). The predicted molar refractivity (Wildman–Crippen MR) is 103 cm³/mol. The van der Waals surface area contributed by atoms with Crippen molar-refractivity contribution in [1.82, 2.24) is 15.5 Å². The molecule has 0 aliphatic carbocycles. The molecule has 2 aromatic carbocycles. The third-order valence-corrected chi connectivity index (χ3v) is 3.94. The van der Waals surface area contributed by atoms with Crippen molar-refractivity contribution in [3.63, 3.8) is 0 Å². The average molecular weight is 386 g/mol. The van der Waals surface area contributed by atoms with E-state index < -0.39 is 6.10 Å². The van der Waals surface area contributed by atoms with E-state index in [0.717, 1.165) is 0 Å². The first-order valence-corrected chi connectivity index (χ1v) is 8.97. The number of amides is 1. The minimum atomic E-state index is -0.447. The summed E-state index contributed by atoms with van der Waals surface area (Å²) in [5.74, 6) is 1.20. The van der Waals surface area contributed by atoms with Gasteiger partial charge < -0.3 is 14.6 Å². The zero-order valence-electron chi connectivity index (χ0n) is 15.3. The molecule has 1 heterocycles. The quantitative estimate of drug-likeness (QED) is 0.667. The smallest absolute Gasteiger partial charge is 0.267 e. The van der Waals surface area contributed by atoms with E-state index in [4.69, 9.17) is 20.9 Å². The summed E-state index contributed by atoms with van der Waals surface area (Å²) in [4.78, 5) is 16.6. The van der Waals surface area contributed by atoms with Crippen LogP contribution < -0.4 is 10.1 Å². The highest BCUT2D eigenvalue weighted by molar-refractivity contribution is 6.30. The molecule has 0 saturated heterocycles. The number of aromatic nitrogens is 2. The minimum Gasteiger partial charge on any atom is -0.481 e. The highest BCUT2D eigenvalue weighted by Gasteiger charge is 2.18. The molecule has 0 spiro atoms.